The number of hydrogen-bond donors (Lipinski definition) is 0. The molecule has 12 heavy (non-hydrogen) atoms. The van der Waals surface area contributed by atoms with E-state index in [1.807, 2.05) is 4.68 Å². The summed E-state index contributed by atoms with van der Waals surface area (Å²) in [6.45, 7) is 9.52. The molecule has 0 spiro atoms. The molecule has 1 aromatic rings. The van der Waals surface area contributed by atoms with Crippen LogP contribution in [-0.2, 0) is 12.0 Å². The Morgan fingerprint density at radius 3 is 2.33 bits per heavy atom. The maximum Gasteiger partial charge on any atom is 0.147 e. The number of nitrogens with zero attached hydrogens (tertiary/aromatic N) is 3. The summed E-state index contributed by atoms with van der Waals surface area (Å²) >= 11 is 2.24. The molecule has 0 radical (unpaired) electrons. The molecule has 0 bridgehead atoms. The molecule has 0 aliphatic rings. The van der Waals surface area contributed by atoms with E-state index in [1.165, 1.54) is 5.69 Å². The van der Waals surface area contributed by atoms with Crippen molar-refractivity contribution in [2.75, 3.05) is 0 Å². The van der Waals surface area contributed by atoms with Crippen LogP contribution in [0.2, 0.25) is 0 Å². The molecule has 4 heteroatoms. The average Bonchev–Trinajstić information content (AvgIpc) is 2.29. The normalized spacial score (nSPS) is 12.1. The summed E-state index contributed by atoms with van der Waals surface area (Å²) in [5, 5.41) is 8.11. The number of aromatic nitrogens is 3. The molecule has 0 atom stereocenters. The van der Waals surface area contributed by atoms with Gasteiger partial charge in [-0.15, -0.1) is 5.10 Å². The molecule has 0 N–H and O–H groups in total. The predicted molar refractivity (Wildman–Crippen MR) is 57.1 cm³/mol. The third-order valence-corrected chi connectivity index (χ3v) is 2.43. The second-order valence-electron chi connectivity index (χ2n) is 3.79. The monoisotopic (exact) mass is 279 g/mol. The van der Waals surface area contributed by atoms with Crippen molar-refractivity contribution >= 4 is 22.6 Å². The second kappa shape index (κ2) is 3.32. The highest BCUT2D eigenvalue weighted by Crippen LogP contribution is 2.25. The average molecular weight is 279 g/mol. The number of rotatable bonds is 1. The minimum absolute atomic E-state index is 0.135. The van der Waals surface area contributed by atoms with Crippen LogP contribution in [0.4, 0.5) is 0 Å². The number of hydrogen-bond acceptors (Lipinski definition) is 2. The molecule has 0 saturated heterocycles. The van der Waals surface area contributed by atoms with Crippen molar-refractivity contribution in [2.45, 2.75) is 39.7 Å². The van der Waals surface area contributed by atoms with Crippen LogP contribution in [0.25, 0.3) is 0 Å². The van der Waals surface area contributed by atoms with Gasteiger partial charge in [-0.2, -0.15) is 0 Å². The fraction of sp³-hybridized carbons (Fsp3) is 0.750. The highest BCUT2D eigenvalue weighted by molar-refractivity contribution is 14.1. The van der Waals surface area contributed by atoms with Crippen LogP contribution >= 0.6 is 22.6 Å². The van der Waals surface area contributed by atoms with E-state index in [2.05, 4.69) is 60.6 Å². The zero-order valence-electron chi connectivity index (χ0n) is 7.93. The van der Waals surface area contributed by atoms with E-state index in [9.17, 15) is 0 Å². The van der Waals surface area contributed by atoms with Crippen LogP contribution in [0.1, 0.15) is 33.4 Å². The van der Waals surface area contributed by atoms with Gasteiger partial charge < -0.3 is 0 Å². The third kappa shape index (κ3) is 1.78. The van der Waals surface area contributed by atoms with E-state index < -0.39 is 0 Å². The van der Waals surface area contributed by atoms with Crippen molar-refractivity contribution < 1.29 is 0 Å². The van der Waals surface area contributed by atoms with Crippen LogP contribution in [0.5, 0.6) is 0 Å². The Kier molecular flexibility index (Phi) is 2.75. The number of halogens is 1. The molecule has 1 aromatic heterocycles. The first kappa shape index (κ1) is 9.95. The van der Waals surface area contributed by atoms with E-state index in [4.69, 9.17) is 0 Å². The van der Waals surface area contributed by atoms with Gasteiger partial charge in [-0.3, -0.25) is 0 Å². The van der Waals surface area contributed by atoms with Gasteiger partial charge in [0.15, 0.2) is 0 Å². The van der Waals surface area contributed by atoms with Crippen molar-refractivity contribution in [2.24, 2.45) is 0 Å². The molecule has 0 unspecified atom stereocenters. The van der Waals surface area contributed by atoms with Crippen molar-refractivity contribution in [3.05, 3.63) is 9.39 Å². The fourth-order valence-corrected chi connectivity index (χ4v) is 2.39. The van der Waals surface area contributed by atoms with E-state index in [-0.39, 0.29) is 5.41 Å². The predicted octanol–water partition coefficient (Wildman–Crippen LogP) is 2.20. The highest BCUT2D eigenvalue weighted by Gasteiger charge is 2.23. The molecule has 3 nitrogen and oxygen atoms in total. The topological polar surface area (TPSA) is 30.7 Å². The largest absolute Gasteiger partial charge is 0.248 e. The summed E-state index contributed by atoms with van der Waals surface area (Å²) in [5.41, 5.74) is 1.36. The summed E-state index contributed by atoms with van der Waals surface area (Å²) in [6.07, 6.45) is 0. The Balaban J connectivity index is 3.19. The van der Waals surface area contributed by atoms with E-state index in [0.717, 1.165) is 10.2 Å². The Bertz CT molecular complexity index is 272. The van der Waals surface area contributed by atoms with Gasteiger partial charge in [0.2, 0.25) is 0 Å². The highest BCUT2D eigenvalue weighted by atomic mass is 127. The minimum atomic E-state index is 0.135. The SMILES string of the molecule is CCn1nnc(I)c1C(C)(C)C. The summed E-state index contributed by atoms with van der Waals surface area (Å²) in [7, 11) is 0. The molecular weight excluding hydrogens is 265 g/mol. The summed E-state index contributed by atoms with van der Waals surface area (Å²) in [6, 6.07) is 0. The van der Waals surface area contributed by atoms with Crippen molar-refractivity contribution in [1.82, 2.24) is 15.0 Å². The number of aryl methyl sites for hydroxylation is 1. The standard InChI is InChI=1S/C8H14IN3/c1-5-12-6(8(2,3)4)7(9)10-11-12/h5H2,1-4H3. The van der Waals surface area contributed by atoms with Gasteiger partial charge in [-0.1, -0.05) is 26.0 Å². The summed E-state index contributed by atoms with van der Waals surface area (Å²) in [5.74, 6) is 0. The lowest BCUT2D eigenvalue weighted by Gasteiger charge is -2.19. The molecule has 0 aromatic carbocycles. The molecular formula is C8H14IN3. The van der Waals surface area contributed by atoms with Gasteiger partial charge in [0, 0.05) is 12.0 Å². The van der Waals surface area contributed by atoms with E-state index in [0.29, 0.717) is 0 Å². The maximum absolute atomic E-state index is 4.06. The van der Waals surface area contributed by atoms with E-state index >= 15 is 0 Å². The van der Waals surface area contributed by atoms with E-state index in [1.54, 1.807) is 0 Å². The van der Waals surface area contributed by atoms with Gasteiger partial charge >= 0.3 is 0 Å². The Hall–Kier alpha value is -0.130. The van der Waals surface area contributed by atoms with Crippen LogP contribution in [-0.4, -0.2) is 15.0 Å². The minimum Gasteiger partial charge on any atom is -0.248 e. The molecule has 68 valence electrons. The van der Waals surface area contributed by atoms with Crippen molar-refractivity contribution in [1.29, 1.82) is 0 Å². The zero-order valence-corrected chi connectivity index (χ0v) is 10.1. The Morgan fingerprint density at radius 2 is 2.00 bits per heavy atom. The first-order valence-corrected chi connectivity index (χ1v) is 5.14. The quantitative estimate of drug-likeness (QED) is 0.738. The lowest BCUT2D eigenvalue weighted by molar-refractivity contribution is 0.492. The summed E-state index contributed by atoms with van der Waals surface area (Å²) in [4.78, 5) is 0. The Morgan fingerprint density at radius 1 is 1.42 bits per heavy atom. The smallest absolute Gasteiger partial charge is 0.147 e. The first-order valence-electron chi connectivity index (χ1n) is 4.06. The molecule has 0 aliphatic carbocycles. The lowest BCUT2D eigenvalue weighted by atomic mass is 9.93. The van der Waals surface area contributed by atoms with Crippen LogP contribution in [0, 0.1) is 3.70 Å². The van der Waals surface area contributed by atoms with Gasteiger partial charge in [0.25, 0.3) is 0 Å². The second-order valence-corrected chi connectivity index (χ2v) is 4.82. The molecule has 0 aliphatic heterocycles. The summed E-state index contributed by atoms with van der Waals surface area (Å²) < 4.78 is 2.98. The third-order valence-electron chi connectivity index (χ3n) is 1.70. The lowest BCUT2D eigenvalue weighted by Crippen LogP contribution is -2.19. The zero-order chi connectivity index (χ0) is 9.35. The first-order chi connectivity index (χ1) is 5.46. The Labute approximate surface area is 86.7 Å². The fourth-order valence-electron chi connectivity index (χ4n) is 1.21. The van der Waals surface area contributed by atoms with Crippen molar-refractivity contribution in [3.8, 4) is 0 Å². The molecule has 1 rings (SSSR count). The van der Waals surface area contributed by atoms with Gasteiger partial charge in [0.1, 0.15) is 3.70 Å². The van der Waals surface area contributed by atoms with Gasteiger partial charge in [0.05, 0.1) is 5.69 Å². The van der Waals surface area contributed by atoms with Gasteiger partial charge in [-0.25, -0.2) is 4.68 Å². The van der Waals surface area contributed by atoms with Crippen LogP contribution in [0.3, 0.4) is 0 Å². The van der Waals surface area contributed by atoms with Crippen molar-refractivity contribution in [3.63, 3.8) is 0 Å². The molecule has 0 fully saturated rings. The molecule has 1 heterocycles. The molecule has 0 amide bonds. The van der Waals surface area contributed by atoms with Crippen LogP contribution in [0.15, 0.2) is 0 Å². The van der Waals surface area contributed by atoms with Crippen LogP contribution < -0.4 is 0 Å². The van der Waals surface area contributed by atoms with Gasteiger partial charge in [-0.05, 0) is 29.5 Å². The maximum atomic E-state index is 4.06. The molecule has 0 saturated carbocycles.